The molecule has 1 heterocycles. The van der Waals surface area contributed by atoms with Crippen molar-refractivity contribution in [2.75, 3.05) is 12.4 Å². The minimum absolute atomic E-state index is 0.235. The number of amides is 1. The van der Waals surface area contributed by atoms with E-state index in [0.29, 0.717) is 11.4 Å². The smallest absolute Gasteiger partial charge is 0.251 e. The Morgan fingerprint density at radius 3 is 2.71 bits per heavy atom. The van der Waals surface area contributed by atoms with E-state index in [1.54, 1.807) is 37.4 Å². The molecule has 1 aromatic carbocycles. The van der Waals surface area contributed by atoms with Gasteiger partial charge in [-0.25, -0.2) is 0 Å². The van der Waals surface area contributed by atoms with Crippen molar-refractivity contribution < 1.29 is 9.53 Å². The summed E-state index contributed by atoms with van der Waals surface area (Å²) in [4.78, 5) is 24.1. The van der Waals surface area contributed by atoms with Crippen LogP contribution in [0.25, 0.3) is 0 Å². The molecule has 0 aliphatic heterocycles. The minimum atomic E-state index is -0.639. The van der Waals surface area contributed by atoms with Crippen LogP contribution in [0.3, 0.4) is 0 Å². The van der Waals surface area contributed by atoms with Crippen molar-refractivity contribution in [3.05, 3.63) is 57.4 Å². The zero-order valence-corrected chi connectivity index (χ0v) is 13.3. The zero-order chi connectivity index (χ0) is 15.4. The maximum Gasteiger partial charge on any atom is 0.251 e. The predicted octanol–water partition coefficient (Wildman–Crippen LogP) is 2.82. The number of carbonyl (C=O) groups is 1. The standard InChI is InChI=1S/C15H15BrN2O3/c1-10(18-9-11(16)7-8-14(18)19)15(20)17-12-5-3-4-6-13(12)21-2/h3-10H,1-2H3,(H,17,20). The van der Waals surface area contributed by atoms with Crippen molar-refractivity contribution in [1.29, 1.82) is 0 Å². The molecular weight excluding hydrogens is 336 g/mol. The van der Waals surface area contributed by atoms with Crippen molar-refractivity contribution in [2.24, 2.45) is 0 Å². The predicted molar refractivity (Wildman–Crippen MR) is 84.7 cm³/mol. The molecule has 6 heteroatoms. The van der Waals surface area contributed by atoms with E-state index in [1.807, 2.05) is 6.07 Å². The van der Waals surface area contributed by atoms with Gasteiger partial charge < -0.3 is 14.6 Å². The molecule has 1 atom stereocenters. The Hall–Kier alpha value is -2.08. The van der Waals surface area contributed by atoms with Gasteiger partial charge in [-0.05, 0) is 41.1 Å². The fourth-order valence-corrected chi connectivity index (χ4v) is 2.24. The number of nitrogens with one attached hydrogen (secondary N) is 1. The summed E-state index contributed by atoms with van der Waals surface area (Å²) in [5, 5.41) is 2.77. The molecular formula is C15H15BrN2O3. The van der Waals surface area contributed by atoms with Gasteiger partial charge in [0.05, 0.1) is 12.8 Å². The highest BCUT2D eigenvalue weighted by Gasteiger charge is 2.17. The third kappa shape index (κ3) is 3.52. The number of anilines is 1. The molecule has 2 rings (SSSR count). The summed E-state index contributed by atoms with van der Waals surface area (Å²) in [6, 6.07) is 9.53. The summed E-state index contributed by atoms with van der Waals surface area (Å²) in [6.07, 6.45) is 1.59. The van der Waals surface area contributed by atoms with E-state index in [2.05, 4.69) is 21.2 Å². The van der Waals surface area contributed by atoms with E-state index in [0.717, 1.165) is 4.47 Å². The SMILES string of the molecule is COc1ccccc1NC(=O)C(C)n1cc(Br)ccc1=O. The number of benzene rings is 1. The van der Waals surface area contributed by atoms with Crippen LogP contribution in [0.5, 0.6) is 5.75 Å². The first-order valence-electron chi connectivity index (χ1n) is 6.34. The van der Waals surface area contributed by atoms with Crippen LogP contribution in [0.2, 0.25) is 0 Å². The molecule has 1 aromatic heterocycles. The number of hydrogen-bond acceptors (Lipinski definition) is 3. The summed E-state index contributed by atoms with van der Waals surface area (Å²) >= 11 is 3.29. The van der Waals surface area contributed by atoms with E-state index < -0.39 is 6.04 Å². The first-order valence-corrected chi connectivity index (χ1v) is 7.14. The number of carbonyl (C=O) groups excluding carboxylic acids is 1. The van der Waals surface area contributed by atoms with Crippen molar-refractivity contribution in [3.63, 3.8) is 0 Å². The van der Waals surface area contributed by atoms with Crippen LogP contribution < -0.4 is 15.6 Å². The Morgan fingerprint density at radius 1 is 1.29 bits per heavy atom. The fourth-order valence-electron chi connectivity index (χ4n) is 1.89. The van der Waals surface area contributed by atoms with Crippen LogP contribution in [0.15, 0.2) is 51.9 Å². The molecule has 0 spiro atoms. The topological polar surface area (TPSA) is 60.3 Å². The molecule has 5 nitrogen and oxygen atoms in total. The first kappa shape index (κ1) is 15.3. The summed E-state index contributed by atoms with van der Waals surface area (Å²) in [7, 11) is 1.53. The van der Waals surface area contributed by atoms with Crippen molar-refractivity contribution in [1.82, 2.24) is 4.57 Å². The van der Waals surface area contributed by atoms with E-state index in [1.165, 1.54) is 17.7 Å². The van der Waals surface area contributed by atoms with Gasteiger partial charge in [0.15, 0.2) is 0 Å². The quantitative estimate of drug-likeness (QED) is 0.922. The summed E-state index contributed by atoms with van der Waals surface area (Å²) < 4.78 is 7.29. The van der Waals surface area contributed by atoms with Gasteiger partial charge in [0.2, 0.25) is 5.91 Å². The van der Waals surface area contributed by atoms with Gasteiger partial charge in [-0.2, -0.15) is 0 Å². The summed E-state index contributed by atoms with van der Waals surface area (Å²) in [5.74, 6) is 0.277. The van der Waals surface area contributed by atoms with Crippen LogP contribution in [-0.2, 0) is 4.79 Å². The third-order valence-electron chi connectivity index (χ3n) is 3.06. The maximum atomic E-state index is 12.3. The lowest BCUT2D eigenvalue weighted by molar-refractivity contribution is -0.118. The molecule has 110 valence electrons. The molecule has 0 saturated heterocycles. The van der Waals surface area contributed by atoms with Crippen LogP contribution >= 0.6 is 15.9 Å². The Balaban J connectivity index is 2.24. The lowest BCUT2D eigenvalue weighted by Gasteiger charge is -2.16. The van der Waals surface area contributed by atoms with Gasteiger partial charge >= 0.3 is 0 Å². The Labute approximate surface area is 130 Å². The van der Waals surface area contributed by atoms with Crippen LogP contribution in [-0.4, -0.2) is 17.6 Å². The highest BCUT2D eigenvalue weighted by atomic mass is 79.9. The van der Waals surface area contributed by atoms with Gasteiger partial charge in [-0.15, -0.1) is 0 Å². The van der Waals surface area contributed by atoms with E-state index in [-0.39, 0.29) is 11.5 Å². The number of rotatable bonds is 4. The molecule has 0 aliphatic rings. The number of nitrogens with zero attached hydrogens (tertiary/aromatic N) is 1. The highest BCUT2D eigenvalue weighted by Crippen LogP contribution is 2.24. The molecule has 21 heavy (non-hydrogen) atoms. The van der Waals surface area contributed by atoms with Crippen molar-refractivity contribution in [2.45, 2.75) is 13.0 Å². The highest BCUT2D eigenvalue weighted by molar-refractivity contribution is 9.10. The lowest BCUT2D eigenvalue weighted by Crippen LogP contribution is -2.30. The van der Waals surface area contributed by atoms with Crippen LogP contribution in [0.1, 0.15) is 13.0 Å². The molecule has 1 amide bonds. The maximum absolute atomic E-state index is 12.3. The van der Waals surface area contributed by atoms with Crippen molar-refractivity contribution >= 4 is 27.5 Å². The second kappa shape index (κ2) is 6.58. The number of methoxy groups -OCH3 is 1. The van der Waals surface area contributed by atoms with Gasteiger partial charge in [0, 0.05) is 16.7 Å². The lowest BCUT2D eigenvalue weighted by atomic mass is 10.2. The number of pyridine rings is 1. The normalized spacial score (nSPS) is 11.8. The van der Waals surface area contributed by atoms with Crippen LogP contribution in [0, 0.1) is 0 Å². The van der Waals surface area contributed by atoms with Gasteiger partial charge in [-0.1, -0.05) is 12.1 Å². The molecule has 0 aliphatic carbocycles. The van der Waals surface area contributed by atoms with Gasteiger partial charge in [-0.3, -0.25) is 9.59 Å². The molecule has 1 unspecified atom stereocenters. The second-order valence-corrected chi connectivity index (χ2v) is 5.37. The molecule has 0 bridgehead atoms. The van der Waals surface area contributed by atoms with Crippen LogP contribution in [0.4, 0.5) is 5.69 Å². The minimum Gasteiger partial charge on any atom is -0.495 e. The Bertz CT molecular complexity index is 712. The number of hydrogen-bond donors (Lipinski definition) is 1. The third-order valence-corrected chi connectivity index (χ3v) is 3.53. The average Bonchev–Trinajstić information content (AvgIpc) is 2.49. The Kier molecular flexibility index (Phi) is 4.80. The number of aromatic nitrogens is 1. The fraction of sp³-hybridized carbons (Fsp3) is 0.200. The Morgan fingerprint density at radius 2 is 2.00 bits per heavy atom. The van der Waals surface area contributed by atoms with Gasteiger partial charge in [0.25, 0.3) is 5.56 Å². The van der Waals surface area contributed by atoms with Crippen molar-refractivity contribution in [3.8, 4) is 5.75 Å². The summed E-state index contributed by atoms with van der Waals surface area (Å²) in [6.45, 7) is 1.67. The molecule has 1 N–H and O–H groups in total. The molecule has 0 saturated carbocycles. The first-order chi connectivity index (χ1) is 10.0. The monoisotopic (exact) mass is 350 g/mol. The van der Waals surface area contributed by atoms with E-state index >= 15 is 0 Å². The average molecular weight is 351 g/mol. The number of para-hydroxylation sites is 2. The molecule has 2 aromatic rings. The van der Waals surface area contributed by atoms with E-state index in [9.17, 15) is 9.59 Å². The second-order valence-electron chi connectivity index (χ2n) is 4.46. The van der Waals surface area contributed by atoms with Gasteiger partial charge in [0.1, 0.15) is 11.8 Å². The largest absolute Gasteiger partial charge is 0.495 e. The number of ether oxygens (including phenoxy) is 1. The summed E-state index contributed by atoms with van der Waals surface area (Å²) in [5.41, 5.74) is 0.334. The zero-order valence-electron chi connectivity index (χ0n) is 11.7. The number of halogens is 1. The molecule has 0 radical (unpaired) electrons. The van der Waals surface area contributed by atoms with E-state index in [4.69, 9.17) is 4.74 Å². The molecule has 0 fully saturated rings.